The molecule has 0 aromatic heterocycles. The Hall–Kier alpha value is -4.13. The number of rotatable bonds is 7. The van der Waals surface area contributed by atoms with E-state index < -0.39 is 4.92 Å². The molecule has 0 unspecified atom stereocenters. The Morgan fingerprint density at radius 1 is 0.967 bits per heavy atom. The van der Waals surface area contributed by atoms with Gasteiger partial charge in [0.25, 0.3) is 11.6 Å². The molecule has 0 radical (unpaired) electrons. The number of non-ortho nitro benzene ring substituents is 1. The summed E-state index contributed by atoms with van der Waals surface area (Å²) >= 11 is 0. The molecule has 0 spiro atoms. The van der Waals surface area contributed by atoms with Gasteiger partial charge in [-0.05, 0) is 41.5 Å². The van der Waals surface area contributed by atoms with Crippen molar-refractivity contribution in [3.05, 3.63) is 94.0 Å². The maximum absolute atomic E-state index is 13.1. The summed E-state index contributed by atoms with van der Waals surface area (Å²) in [7, 11) is 3.06. The molecule has 0 saturated carbocycles. The van der Waals surface area contributed by atoms with Crippen LogP contribution >= 0.6 is 0 Å². The van der Waals surface area contributed by atoms with E-state index in [1.54, 1.807) is 43.5 Å². The minimum absolute atomic E-state index is 0.0131. The third-order valence-electron chi connectivity index (χ3n) is 4.40. The van der Waals surface area contributed by atoms with Gasteiger partial charge in [0.15, 0.2) is 0 Å². The number of ether oxygens (including phenoxy) is 2. The van der Waals surface area contributed by atoms with Gasteiger partial charge in [-0.2, -0.15) is 0 Å². The zero-order valence-corrected chi connectivity index (χ0v) is 16.5. The van der Waals surface area contributed by atoms with Crippen LogP contribution in [0.1, 0.15) is 11.1 Å². The van der Waals surface area contributed by atoms with E-state index in [1.165, 1.54) is 19.2 Å². The van der Waals surface area contributed by atoms with Gasteiger partial charge in [-0.25, -0.2) is 0 Å². The van der Waals surface area contributed by atoms with Gasteiger partial charge in [-0.15, -0.1) is 0 Å². The van der Waals surface area contributed by atoms with Crippen molar-refractivity contribution in [2.45, 2.75) is 0 Å². The summed E-state index contributed by atoms with van der Waals surface area (Å²) in [5.41, 5.74) is 2.26. The average Bonchev–Trinajstić information content (AvgIpc) is 2.78. The SMILES string of the molecule is COc1ccc(NC(=O)/C(=C/c2ccc([N+](=O)[O-])cc2)c2ccccc2)c(OC)c1. The highest BCUT2D eigenvalue weighted by molar-refractivity contribution is 6.29. The predicted octanol–water partition coefficient (Wildman–Crippen LogP) is 4.79. The molecule has 0 aliphatic rings. The van der Waals surface area contributed by atoms with Crippen molar-refractivity contribution < 1.29 is 19.2 Å². The van der Waals surface area contributed by atoms with E-state index in [0.29, 0.717) is 33.9 Å². The molecular weight excluding hydrogens is 384 g/mol. The molecule has 0 atom stereocenters. The van der Waals surface area contributed by atoms with Crippen LogP contribution in [0.4, 0.5) is 11.4 Å². The topological polar surface area (TPSA) is 90.7 Å². The first kappa shape index (κ1) is 20.6. The molecule has 0 fully saturated rings. The Balaban J connectivity index is 1.97. The highest BCUT2D eigenvalue weighted by Crippen LogP contribution is 2.30. The molecule has 1 amide bonds. The Morgan fingerprint density at radius 3 is 2.27 bits per heavy atom. The van der Waals surface area contributed by atoms with Gasteiger partial charge in [0, 0.05) is 23.8 Å². The number of nitro groups is 1. The summed E-state index contributed by atoms with van der Waals surface area (Å²) in [6.07, 6.45) is 1.68. The van der Waals surface area contributed by atoms with Crippen LogP contribution in [0.5, 0.6) is 11.5 Å². The van der Waals surface area contributed by atoms with Gasteiger partial charge >= 0.3 is 0 Å². The molecule has 7 heteroatoms. The van der Waals surface area contributed by atoms with Crippen molar-refractivity contribution in [1.82, 2.24) is 0 Å². The molecular formula is C23H20N2O5. The van der Waals surface area contributed by atoms with Gasteiger partial charge in [0.2, 0.25) is 0 Å². The van der Waals surface area contributed by atoms with E-state index in [-0.39, 0.29) is 11.6 Å². The summed E-state index contributed by atoms with van der Waals surface area (Å²) in [6, 6.07) is 20.3. The molecule has 0 heterocycles. The third kappa shape index (κ3) is 4.82. The van der Waals surface area contributed by atoms with E-state index in [4.69, 9.17) is 9.47 Å². The lowest BCUT2D eigenvalue weighted by Gasteiger charge is -2.13. The lowest BCUT2D eigenvalue weighted by molar-refractivity contribution is -0.384. The largest absolute Gasteiger partial charge is 0.497 e. The van der Waals surface area contributed by atoms with Crippen molar-refractivity contribution >= 4 is 28.9 Å². The Kier molecular flexibility index (Phi) is 6.44. The van der Waals surface area contributed by atoms with Crippen LogP contribution in [0.3, 0.4) is 0 Å². The lowest BCUT2D eigenvalue weighted by Crippen LogP contribution is -2.14. The van der Waals surface area contributed by atoms with Gasteiger partial charge in [0.05, 0.1) is 24.8 Å². The standard InChI is InChI=1S/C23H20N2O5/c1-29-19-12-13-21(22(15-19)30-2)24-23(26)20(17-6-4-3-5-7-17)14-16-8-10-18(11-9-16)25(27)28/h3-15H,1-2H3,(H,24,26)/b20-14+. The summed E-state index contributed by atoms with van der Waals surface area (Å²) in [5, 5.41) is 13.7. The van der Waals surface area contributed by atoms with Crippen molar-refractivity contribution in [1.29, 1.82) is 0 Å². The number of carbonyl (C=O) groups is 1. The number of nitrogens with one attached hydrogen (secondary N) is 1. The molecule has 3 aromatic carbocycles. The number of amides is 1. The molecule has 0 aliphatic heterocycles. The fourth-order valence-corrected chi connectivity index (χ4v) is 2.85. The first-order valence-corrected chi connectivity index (χ1v) is 9.07. The summed E-state index contributed by atoms with van der Waals surface area (Å²) in [4.78, 5) is 23.6. The number of benzene rings is 3. The van der Waals surface area contributed by atoms with E-state index in [9.17, 15) is 14.9 Å². The molecule has 3 rings (SSSR count). The molecule has 7 nitrogen and oxygen atoms in total. The lowest BCUT2D eigenvalue weighted by atomic mass is 10.0. The highest BCUT2D eigenvalue weighted by atomic mass is 16.6. The second kappa shape index (κ2) is 9.38. The van der Waals surface area contributed by atoms with E-state index in [2.05, 4.69) is 5.32 Å². The molecule has 3 aromatic rings. The minimum atomic E-state index is -0.464. The van der Waals surface area contributed by atoms with Crippen LogP contribution in [0.15, 0.2) is 72.8 Å². The molecule has 30 heavy (non-hydrogen) atoms. The van der Waals surface area contributed by atoms with Crippen LogP contribution in [-0.2, 0) is 4.79 Å². The number of anilines is 1. The number of hydrogen-bond donors (Lipinski definition) is 1. The second-order valence-corrected chi connectivity index (χ2v) is 6.29. The Labute approximate surface area is 173 Å². The van der Waals surface area contributed by atoms with E-state index in [1.807, 2.05) is 30.3 Å². The maximum Gasteiger partial charge on any atom is 0.269 e. The van der Waals surface area contributed by atoms with Crippen molar-refractivity contribution in [2.75, 3.05) is 19.5 Å². The van der Waals surface area contributed by atoms with Crippen molar-refractivity contribution in [3.63, 3.8) is 0 Å². The quantitative estimate of drug-likeness (QED) is 0.265. The fraction of sp³-hybridized carbons (Fsp3) is 0.0870. The molecule has 0 saturated heterocycles. The van der Waals surface area contributed by atoms with Crippen molar-refractivity contribution in [2.24, 2.45) is 0 Å². The monoisotopic (exact) mass is 404 g/mol. The predicted molar refractivity (Wildman–Crippen MR) is 116 cm³/mol. The highest BCUT2D eigenvalue weighted by Gasteiger charge is 2.15. The molecule has 152 valence electrons. The van der Waals surface area contributed by atoms with Gasteiger partial charge < -0.3 is 14.8 Å². The summed E-state index contributed by atoms with van der Waals surface area (Å²) < 4.78 is 10.5. The first-order valence-electron chi connectivity index (χ1n) is 9.07. The number of nitro benzene ring substituents is 1. The number of hydrogen-bond acceptors (Lipinski definition) is 5. The van der Waals surface area contributed by atoms with Gasteiger partial charge in [-0.3, -0.25) is 14.9 Å². The minimum Gasteiger partial charge on any atom is -0.497 e. The van der Waals surface area contributed by atoms with E-state index in [0.717, 1.165) is 0 Å². The number of carbonyl (C=O) groups excluding carboxylic acids is 1. The Bertz CT molecular complexity index is 1080. The average molecular weight is 404 g/mol. The second-order valence-electron chi connectivity index (χ2n) is 6.29. The zero-order valence-electron chi connectivity index (χ0n) is 16.5. The fourth-order valence-electron chi connectivity index (χ4n) is 2.85. The normalized spacial score (nSPS) is 10.9. The first-order chi connectivity index (χ1) is 14.5. The van der Waals surface area contributed by atoms with Crippen LogP contribution in [-0.4, -0.2) is 25.1 Å². The van der Waals surface area contributed by atoms with Crippen LogP contribution in [0, 0.1) is 10.1 Å². The summed E-state index contributed by atoms with van der Waals surface area (Å²) in [6.45, 7) is 0. The summed E-state index contributed by atoms with van der Waals surface area (Å²) in [5.74, 6) is 0.725. The smallest absolute Gasteiger partial charge is 0.269 e. The number of nitrogens with zero attached hydrogens (tertiary/aromatic N) is 1. The molecule has 0 aliphatic carbocycles. The van der Waals surface area contributed by atoms with Crippen LogP contribution < -0.4 is 14.8 Å². The zero-order chi connectivity index (χ0) is 21.5. The van der Waals surface area contributed by atoms with E-state index >= 15 is 0 Å². The van der Waals surface area contributed by atoms with Gasteiger partial charge in [0.1, 0.15) is 11.5 Å². The molecule has 1 N–H and O–H groups in total. The third-order valence-corrected chi connectivity index (χ3v) is 4.40. The van der Waals surface area contributed by atoms with Crippen molar-refractivity contribution in [3.8, 4) is 11.5 Å². The van der Waals surface area contributed by atoms with Gasteiger partial charge in [-0.1, -0.05) is 30.3 Å². The van der Waals surface area contributed by atoms with Crippen LogP contribution in [0.2, 0.25) is 0 Å². The maximum atomic E-state index is 13.1. The van der Waals surface area contributed by atoms with Crippen LogP contribution in [0.25, 0.3) is 11.6 Å². The number of methoxy groups -OCH3 is 2. The Morgan fingerprint density at radius 2 is 1.67 bits per heavy atom. The molecule has 0 bridgehead atoms.